The molecule has 0 aromatic carbocycles. The van der Waals surface area contributed by atoms with Crippen molar-refractivity contribution in [2.24, 2.45) is 10.9 Å². The molecule has 0 radical (unpaired) electrons. The van der Waals surface area contributed by atoms with E-state index >= 15 is 0 Å². The number of alkyl carbamates (subject to hydrolysis) is 2. The highest BCUT2D eigenvalue weighted by Crippen LogP contribution is 2.30. The molecule has 0 saturated carbocycles. The van der Waals surface area contributed by atoms with Gasteiger partial charge in [-0.15, -0.1) is 6.42 Å². The highest BCUT2D eigenvalue weighted by atomic mass is 16.6. The summed E-state index contributed by atoms with van der Waals surface area (Å²) in [5.41, 5.74) is -1.69. The van der Waals surface area contributed by atoms with Gasteiger partial charge in [0.2, 0.25) is 35.1 Å². The lowest BCUT2D eigenvalue weighted by atomic mass is 9.87. The number of nitrogens with zero attached hydrogens (tertiary/aromatic N) is 2. The van der Waals surface area contributed by atoms with E-state index in [2.05, 4.69) is 49.4 Å². The Balaban J connectivity index is 2.01. The first-order chi connectivity index (χ1) is 40.9. The zero-order valence-electron chi connectivity index (χ0n) is 50.7. The summed E-state index contributed by atoms with van der Waals surface area (Å²) in [6.07, 6.45) is -3.57. The van der Waals surface area contributed by atoms with Crippen molar-refractivity contribution < 1.29 is 116 Å². The van der Waals surface area contributed by atoms with Crippen LogP contribution in [0.4, 0.5) is 9.59 Å². The van der Waals surface area contributed by atoms with Crippen molar-refractivity contribution in [1.82, 2.24) is 36.8 Å². The van der Waals surface area contributed by atoms with E-state index in [0.717, 1.165) is 13.0 Å². The summed E-state index contributed by atoms with van der Waals surface area (Å²) in [6, 6.07) is -3.40. The Morgan fingerprint density at radius 2 is 1.18 bits per heavy atom. The maximum Gasteiger partial charge on any atom is 0.413 e. The molecule has 32 nitrogen and oxygen atoms in total. The largest absolute Gasteiger partial charge is 0.480 e. The third kappa shape index (κ3) is 30.3. The lowest BCUT2D eigenvalue weighted by Gasteiger charge is -2.40. The normalized spacial score (nSPS) is 19.9. The fourth-order valence-electron chi connectivity index (χ4n) is 8.08. The number of hydrogen-bond donors (Lipinski definition) is 12. The number of aliphatic hydroxyl groups is 4. The van der Waals surface area contributed by atoms with Gasteiger partial charge in [0.1, 0.15) is 73.2 Å². The average molecular weight is 1250 g/mol. The van der Waals surface area contributed by atoms with Crippen molar-refractivity contribution in [3.63, 3.8) is 0 Å². The molecular formula is C55H88N8O24. The van der Waals surface area contributed by atoms with Gasteiger partial charge in [-0.25, -0.2) is 19.2 Å². The lowest BCUT2D eigenvalue weighted by molar-refractivity contribution is -0.161. The third-order valence-electron chi connectivity index (χ3n) is 11.9. The van der Waals surface area contributed by atoms with Gasteiger partial charge in [-0.2, -0.15) is 0 Å². The molecule has 10 atom stereocenters. The molecule has 0 fully saturated rings. The first-order valence-electron chi connectivity index (χ1n) is 27.8. The number of hydrogen-bond acceptors (Lipinski definition) is 24. The van der Waals surface area contributed by atoms with Crippen LogP contribution in [0.25, 0.3) is 0 Å². The molecule has 492 valence electrons. The number of carbonyl (C=O) groups excluding carboxylic acids is 6. The molecule has 2 aliphatic heterocycles. The van der Waals surface area contributed by atoms with Gasteiger partial charge in [-0.1, -0.05) is 19.4 Å². The van der Waals surface area contributed by atoms with Crippen molar-refractivity contribution in [1.29, 1.82) is 0 Å². The lowest BCUT2D eigenvalue weighted by Crippen LogP contribution is -2.60. The molecule has 12 N–H and O–H groups in total. The topological polar surface area (TPSA) is 438 Å². The van der Waals surface area contributed by atoms with Crippen LogP contribution in [0.15, 0.2) is 41.1 Å². The predicted molar refractivity (Wildman–Crippen MR) is 305 cm³/mol. The molecule has 2 aliphatic rings. The van der Waals surface area contributed by atoms with E-state index in [9.17, 15) is 69.0 Å². The predicted octanol–water partition coefficient (Wildman–Crippen LogP) is -2.24. The SMILES string of the molecule is C#CCOCCOCCC(=O)N(CCOCCNC(=O)CO[C@@H]([C@@H]1OC(C(=O)O)=C[C@H](NC(=C)NC(=O)OC(C)(C)C)[C@H]1C)[C@H](O)CO)CCOCCNC(=O)CO[C@@H]([C@@H]1OC(C(=O)O)=C[C@H](N=C(C)NC(=O)OC(C)(C)C)[C@H]1NC(C)=O)[C@H](O)CO. The fourth-order valence-corrected chi connectivity index (χ4v) is 8.08. The Hall–Kier alpha value is -7.19. The summed E-state index contributed by atoms with van der Waals surface area (Å²) >= 11 is 0. The highest BCUT2D eigenvalue weighted by molar-refractivity contribution is 5.94. The molecule has 0 spiro atoms. The number of amides is 6. The molecular weight excluding hydrogens is 1160 g/mol. The minimum absolute atomic E-state index is 0.00112. The van der Waals surface area contributed by atoms with E-state index in [4.69, 9.17) is 53.8 Å². The molecule has 0 aromatic rings. The molecule has 2 heterocycles. The number of carboxylic acids is 2. The van der Waals surface area contributed by atoms with Crippen LogP contribution in [0.3, 0.4) is 0 Å². The molecule has 0 bridgehead atoms. The number of amidine groups is 1. The number of aliphatic imine (C=N–C) groups is 1. The Morgan fingerprint density at radius 1 is 0.701 bits per heavy atom. The Kier molecular flexibility index (Phi) is 33.9. The molecule has 0 aliphatic carbocycles. The van der Waals surface area contributed by atoms with Gasteiger partial charge in [0.15, 0.2) is 6.10 Å². The van der Waals surface area contributed by atoms with Gasteiger partial charge in [-0.3, -0.25) is 34.8 Å². The molecule has 6 amide bonds. The maximum absolute atomic E-state index is 13.3. The standard InChI is InChI=1S/C55H88N8O24/c1-12-18-78-24-25-79-19-13-44(71)63(16-22-80-20-14-56-42(69)30-82-47(38(67)28-64)46-32(2)36(26-40(84-46)50(72)73)58-33(3)60-52(76)86-54(6,7)8)17-23-81-21-15-57-43(70)31-83-48(39(68)29-65)49-45(62-35(5)66)37(27-41(85-49)51(74)75)59-34(4)61-53(77)87-55(9,10)11/h1,26-27,32,36-39,45-49,58,64-65,67-68H,3,13-25,28-31H2,2,4-11H3,(H,56,69)(H,57,70)(H,60,76)(H,62,66)(H,72,73)(H,74,75)(H,59,61,77)/t32-,36+,37+,38-,39-,45-,46-,47-,48-,49-/m1/s1. The number of aliphatic carboxylic acids is 2. The molecule has 0 saturated heterocycles. The van der Waals surface area contributed by atoms with Crippen LogP contribution in [0.5, 0.6) is 0 Å². The van der Waals surface area contributed by atoms with Gasteiger partial charge in [0, 0.05) is 39.0 Å². The van der Waals surface area contributed by atoms with E-state index in [0.29, 0.717) is 0 Å². The number of ether oxygens (including phenoxy) is 10. The van der Waals surface area contributed by atoms with Crippen LogP contribution < -0.4 is 31.9 Å². The van der Waals surface area contributed by atoms with E-state index in [1.165, 1.54) is 17.9 Å². The second-order valence-corrected chi connectivity index (χ2v) is 21.5. The van der Waals surface area contributed by atoms with Gasteiger partial charge in [-0.05, 0) is 60.6 Å². The van der Waals surface area contributed by atoms with Crippen LogP contribution in [-0.4, -0.2) is 261 Å². The van der Waals surface area contributed by atoms with E-state index in [1.54, 1.807) is 48.5 Å². The van der Waals surface area contributed by atoms with Crippen molar-refractivity contribution in [3.8, 4) is 12.3 Å². The number of carboxylic acid groups (broad SMARTS) is 2. The van der Waals surface area contributed by atoms with Crippen LogP contribution in [0, 0.1) is 18.3 Å². The minimum Gasteiger partial charge on any atom is -0.480 e. The highest BCUT2D eigenvalue weighted by Gasteiger charge is 2.46. The third-order valence-corrected chi connectivity index (χ3v) is 11.9. The van der Waals surface area contributed by atoms with Crippen molar-refractivity contribution in [2.75, 3.05) is 105 Å². The smallest absolute Gasteiger partial charge is 0.413 e. The van der Waals surface area contributed by atoms with E-state index < -0.39 is 152 Å². The van der Waals surface area contributed by atoms with Crippen molar-refractivity contribution in [3.05, 3.63) is 36.1 Å². The Labute approximate surface area is 505 Å². The molecule has 2 rings (SSSR count). The molecule has 87 heavy (non-hydrogen) atoms. The van der Waals surface area contributed by atoms with Crippen LogP contribution in [0.2, 0.25) is 0 Å². The van der Waals surface area contributed by atoms with Crippen LogP contribution >= 0.6 is 0 Å². The fraction of sp³-hybridized carbons (Fsp3) is 0.691. The number of rotatable bonds is 38. The van der Waals surface area contributed by atoms with Gasteiger partial charge in [0.25, 0.3) is 0 Å². The second-order valence-electron chi connectivity index (χ2n) is 21.5. The van der Waals surface area contributed by atoms with E-state index in [-0.39, 0.29) is 103 Å². The quantitative estimate of drug-likeness (QED) is 0.0135. The number of terminal acetylenes is 1. The second kappa shape index (κ2) is 38.9. The van der Waals surface area contributed by atoms with Crippen molar-refractivity contribution in [2.45, 2.75) is 135 Å². The van der Waals surface area contributed by atoms with Crippen LogP contribution in [0.1, 0.15) is 68.7 Å². The average Bonchev–Trinajstić information content (AvgIpc) is 2.25. The first-order valence-corrected chi connectivity index (χ1v) is 27.8. The minimum atomic E-state index is -1.79. The maximum atomic E-state index is 13.3. The van der Waals surface area contributed by atoms with Gasteiger partial charge in [0.05, 0.1) is 84.0 Å². The Bertz CT molecular complexity index is 2400. The number of nitrogens with one attached hydrogen (secondary N) is 6. The summed E-state index contributed by atoms with van der Waals surface area (Å²) in [6.45, 7) is 15.0. The Morgan fingerprint density at radius 3 is 1.68 bits per heavy atom. The zero-order chi connectivity index (χ0) is 65.4. The molecule has 32 heteroatoms. The first kappa shape index (κ1) is 75.9. The molecule has 0 unspecified atom stereocenters. The number of carbonyl (C=O) groups is 8. The summed E-state index contributed by atoms with van der Waals surface area (Å²) in [7, 11) is 0. The molecule has 0 aromatic heterocycles. The number of aliphatic hydroxyl groups excluding tert-OH is 4. The summed E-state index contributed by atoms with van der Waals surface area (Å²) in [5, 5.41) is 76.7. The van der Waals surface area contributed by atoms with E-state index in [1.807, 2.05) is 0 Å². The summed E-state index contributed by atoms with van der Waals surface area (Å²) in [4.78, 5) is 107. The van der Waals surface area contributed by atoms with Crippen LogP contribution in [-0.2, 0) is 76.1 Å². The van der Waals surface area contributed by atoms with Gasteiger partial charge < -0.3 is 104 Å². The zero-order valence-corrected chi connectivity index (χ0v) is 50.7. The summed E-state index contributed by atoms with van der Waals surface area (Å²) < 4.78 is 55.3. The van der Waals surface area contributed by atoms with Crippen molar-refractivity contribution >= 4 is 53.6 Å². The summed E-state index contributed by atoms with van der Waals surface area (Å²) in [5.74, 6) is -5.08. The van der Waals surface area contributed by atoms with Gasteiger partial charge >= 0.3 is 24.1 Å². The monoisotopic (exact) mass is 1240 g/mol.